The lowest BCUT2D eigenvalue weighted by molar-refractivity contribution is 0.363. The number of aliphatic imine (C=N–C) groups is 1. The van der Waals surface area contributed by atoms with Gasteiger partial charge in [-0.05, 0) is 34.4 Å². The summed E-state index contributed by atoms with van der Waals surface area (Å²) in [6.07, 6.45) is 0. The van der Waals surface area contributed by atoms with Crippen molar-refractivity contribution in [2.24, 2.45) is 4.99 Å². The number of nitrogens with zero attached hydrogens (tertiary/aromatic N) is 2. The monoisotopic (exact) mass is 342 g/mol. The molecule has 0 amide bonds. The van der Waals surface area contributed by atoms with Crippen LogP contribution in [0.1, 0.15) is 27.7 Å². The molecule has 0 saturated carbocycles. The summed E-state index contributed by atoms with van der Waals surface area (Å²) in [5, 5.41) is 6.52. The first kappa shape index (κ1) is 18.3. The minimum Gasteiger partial charge on any atom is -0.357 e. The Morgan fingerprint density at radius 2 is 1.94 bits per heavy atom. The Labute approximate surface area is 117 Å². The van der Waals surface area contributed by atoms with E-state index in [1.54, 1.807) is 0 Å². The van der Waals surface area contributed by atoms with Crippen molar-refractivity contribution in [3.63, 3.8) is 0 Å². The van der Waals surface area contributed by atoms with Gasteiger partial charge in [0.15, 0.2) is 5.96 Å². The molecular weight excluding hydrogens is 315 g/mol. The van der Waals surface area contributed by atoms with E-state index in [4.69, 9.17) is 0 Å². The molecule has 98 valence electrons. The number of hydrogen-bond donors (Lipinski definition) is 2. The van der Waals surface area contributed by atoms with E-state index in [2.05, 4.69) is 55.3 Å². The van der Waals surface area contributed by atoms with E-state index in [1.807, 2.05) is 0 Å². The fraction of sp³-hybridized carbons (Fsp3) is 0.909. The highest BCUT2D eigenvalue weighted by atomic mass is 127. The molecule has 0 saturated heterocycles. The van der Waals surface area contributed by atoms with Crippen molar-refractivity contribution in [1.82, 2.24) is 15.5 Å². The fourth-order valence-corrected chi connectivity index (χ4v) is 1.08. The Morgan fingerprint density at radius 3 is 2.38 bits per heavy atom. The predicted octanol–water partition coefficient (Wildman–Crippen LogP) is 1.52. The fourth-order valence-electron chi connectivity index (χ4n) is 1.08. The van der Waals surface area contributed by atoms with Crippen molar-refractivity contribution in [2.75, 3.05) is 33.2 Å². The zero-order valence-corrected chi connectivity index (χ0v) is 13.5. The smallest absolute Gasteiger partial charge is 0.191 e. The second-order valence-electron chi connectivity index (χ2n) is 3.96. The highest BCUT2D eigenvalue weighted by molar-refractivity contribution is 14.0. The molecule has 0 aromatic carbocycles. The first-order valence-corrected chi connectivity index (χ1v) is 5.83. The van der Waals surface area contributed by atoms with Crippen molar-refractivity contribution < 1.29 is 0 Å². The summed E-state index contributed by atoms with van der Waals surface area (Å²) < 4.78 is 0. The second-order valence-corrected chi connectivity index (χ2v) is 3.96. The SMILES string of the molecule is CCNC(=NCCN(C)CC)NC(C)C.I. The van der Waals surface area contributed by atoms with Gasteiger partial charge in [0, 0.05) is 19.1 Å². The third kappa shape index (κ3) is 10.5. The quantitative estimate of drug-likeness (QED) is 0.437. The lowest BCUT2D eigenvalue weighted by Crippen LogP contribution is -2.41. The number of halogens is 1. The van der Waals surface area contributed by atoms with Gasteiger partial charge in [-0.15, -0.1) is 24.0 Å². The summed E-state index contributed by atoms with van der Waals surface area (Å²) in [7, 11) is 2.11. The molecule has 0 aromatic rings. The molecule has 0 aromatic heterocycles. The molecule has 0 bridgehead atoms. The predicted molar refractivity (Wildman–Crippen MR) is 82.8 cm³/mol. The number of likely N-dealkylation sites (N-methyl/N-ethyl adjacent to an activating group) is 1. The van der Waals surface area contributed by atoms with Crippen LogP contribution >= 0.6 is 24.0 Å². The first-order chi connectivity index (χ1) is 7.10. The Kier molecular flexibility index (Phi) is 13.1. The molecule has 16 heavy (non-hydrogen) atoms. The maximum absolute atomic E-state index is 4.49. The molecular formula is C11H27IN4. The number of nitrogens with one attached hydrogen (secondary N) is 2. The third-order valence-electron chi connectivity index (χ3n) is 2.06. The summed E-state index contributed by atoms with van der Waals surface area (Å²) in [4.78, 5) is 6.75. The van der Waals surface area contributed by atoms with Crippen LogP contribution < -0.4 is 10.6 Å². The Bertz CT molecular complexity index is 183. The second kappa shape index (κ2) is 11.4. The van der Waals surface area contributed by atoms with E-state index in [0.29, 0.717) is 6.04 Å². The van der Waals surface area contributed by atoms with Crippen molar-refractivity contribution in [3.05, 3.63) is 0 Å². The highest BCUT2D eigenvalue weighted by Crippen LogP contribution is 1.83. The summed E-state index contributed by atoms with van der Waals surface area (Å²) in [5.74, 6) is 0.914. The summed E-state index contributed by atoms with van der Waals surface area (Å²) >= 11 is 0. The third-order valence-corrected chi connectivity index (χ3v) is 2.06. The molecule has 5 heteroatoms. The lowest BCUT2D eigenvalue weighted by Gasteiger charge is -2.15. The lowest BCUT2D eigenvalue weighted by atomic mass is 10.4. The van der Waals surface area contributed by atoms with Crippen LogP contribution in [0.5, 0.6) is 0 Å². The van der Waals surface area contributed by atoms with Gasteiger partial charge in [0.2, 0.25) is 0 Å². The Morgan fingerprint density at radius 1 is 1.31 bits per heavy atom. The van der Waals surface area contributed by atoms with Gasteiger partial charge >= 0.3 is 0 Å². The summed E-state index contributed by atoms with van der Waals surface area (Å²) in [5.41, 5.74) is 0. The maximum Gasteiger partial charge on any atom is 0.191 e. The Balaban J connectivity index is 0. The maximum atomic E-state index is 4.49. The van der Waals surface area contributed by atoms with Crippen LogP contribution in [0.3, 0.4) is 0 Å². The first-order valence-electron chi connectivity index (χ1n) is 5.83. The molecule has 0 aliphatic heterocycles. The van der Waals surface area contributed by atoms with Crippen molar-refractivity contribution in [1.29, 1.82) is 0 Å². The van der Waals surface area contributed by atoms with Crippen LogP contribution in [0.4, 0.5) is 0 Å². The molecule has 0 fully saturated rings. The molecule has 0 aliphatic carbocycles. The average molecular weight is 342 g/mol. The molecule has 0 aliphatic rings. The van der Waals surface area contributed by atoms with E-state index < -0.39 is 0 Å². The van der Waals surface area contributed by atoms with Crippen molar-refractivity contribution in [2.45, 2.75) is 33.7 Å². The van der Waals surface area contributed by atoms with Crippen LogP contribution in [0.15, 0.2) is 4.99 Å². The van der Waals surface area contributed by atoms with Gasteiger partial charge < -0.3 is 15.5 Å². The van der Waals surface area contributed by atoms with E-state index in [0.717, 1.165) is 32.1 Å². The summed E-state index contributed by atoms with van der Waals surface area (Å²) in [6.45, 7) is 12.3. The van der Waals surface area contributed by atoms with Crippen LogP contribution in [0.25, 0.3) is 0 Å². The van der Waals surface area contributed by atoms with Crippen molar-refractivity contribution in [3.8, 4) is 0 Å². The zero-order chi connectivity index (χ0) is 11.7. The van der Waals surface area contributed by atoms with Gasteiger partial charge in [0.1, 0.15) is 0 Å². The average Bonchev–Trinajstić information content (AvgIpc) is 2.16. The molecule has 0 unspecified atom stereocenters. The van der Waals surface area contributed by atoms with Gasteiger partial charge in [-0.1, -0.05) is 6.92 Å². The molecule has 0 rings (SSSR count). The van der Waals surface area contributed by atoms with Gasteiger partial charge in [-0.25, -0.2) is 0 Å². The van der Waals surface area contributed by atoms with E-state index in [1.165, 1.54) is 0 Å². The van der Waals surface area contributed by atoms with Crippen LogP contribution in [-0.4, -0.2) is 50.1 Å². The largest absolute Gasteiger partial charge is 0.357 e. The van der Waals surface area contributed by atoms with E-state index in [-0.39, 0.29) is 24.0 Å². The molecule has 2 N–H and O–H groups in total. The topological polar surface area (TPSA) is 39.7 Å². The van der Waals surface area contributed by atoms with Crippen LogP contribution in [-0.2, 0) is 0 Å². The highest BCUT2D eigenvalue weighted by Gasteiger charge is 1.99. The normalized spacial score (nSPS) is 11.6. The van der Waals surface area contributed by atoms with Gasteiger partial charge in [0.05, 0.1) is 6.54 Å². The van der Waals surface area contributed by atoms with Crippen LogP contribution in [0.2, 0.25) is 0 Å². The molecule has 4 nitrogen and oxygen atoms in total. The van der Waals surface area contributed by atoms with Gasteiger partial charge in [-0.2, -0.15) is 0 Å². The van der Waals surface area contributed by atoms with Gasteiger partial charge in [0.25, 0.3) is 0 Å². The summed E-state index contributed by atoms with van der Waals surface area (Å²) in [6, 6.07) is 0.423. The minimum absolute atomic E-state index is 0. The van der Waals surface area contributed by atoms with Crippen molar-refractivity contribution >= 4 is 29.9 Å². The molecule has 0 radical (unpaired) electrons. The van der Waals surface area contributed by atoms with E-state index >= 15 is 0 Å². The number of rotatable bonds is 6. The van der Waals surface area contributed by atoms with Crippen LogP contribution in [0, 0.1) is 0 Å². The molecule has 0 atom stereocenters. The van der Waals surface area contributed by atoms with E-state index in [9.17, 15) is 0 Å². The Hall–Kier alpha value is -0.0400. The molecule has 0 heterocycles. The number of guanidine groups is 1. The standard InChI is InChI=1S/C11H26N4.HI/c1-6-12-11(14-10(3)4)13-8-9-15(5)7-2;/h10H,6-9H2,1-5H3,(H2,12,13,14);1H. The number of hydrogen-bond acceptors (Lipinski definition) is 2. The zero-order valence-electron chi connectivity index (χ0n) is 11.2. The van der Waals surface area contributed by atoms with Gasteiger partial charge in [-0.3, -0.25) is 4.99 Å². The minimum atomic E-state index is 0. The molecule has 0 spiro atoms.